The van der Waals surface area contributed by atoms with Crippen LogP contribution in [0.1, 0.15) is 11.1 Å². The van der Waals surface area contributed by atoms with Crippen LogP contribution in [-0.2, 0) is 6.54 Å². The maximum Gasteiger partial charge on any atom is 0.147 e. The predicted molar refractivity (Wildman–Crippen MR) is 125 cm³/mol. The fraction of sp³-hybridized carbons (Fsp3) is 0.231. The van der Waals surface area contributed by atoms with E-state index in [-0.39, 0.29) is 5.75 Å². The highest BCUT2D eigenvalue weighted by Gasteiger charge is 2.19. The second-order valence-electron chi connectivity index (χ2n) is 8.23. The molecule has 5 nitrogen and oxygen atoms in total. The molecule has 0 radical (unpaired) electrons. The van der Waals surface area contributed by atoms with Gasteiger partial charge in [-0.15, -0.1) is 0 Å². The number of aromatic nitrogens is 2. The largest absolute Gasteiger partial charge is 0.508 e. The zero-order valence-electron chi connectivity index (χ0n) is 17.7. The summed E-state index contributed by atoms with van der Waals surface area (Å²) in [6.45, 7) is 7.05. The lowest BCUT2D eigenvalue weighted by Crippen LogP contribution is -2.46. The Morgan fingerprint density at radius 3 is 2.26 bits per heavy atom. The number of hydrogen-bond donors (Lipinski definition) is 1. The highest BCUT2D eigenvalue weighted by Crippen LogP contribution is 2.26. The summed E-state index contributed by atoms with van der Waals surface area (Å²) in [5.41, 5.74) is 6.58. The Morgan fingerprint density at radius 1 is 0.806 bits per heavy atom. The van der Waals surface area contributed by atoms with Crippen LogP contribution in [0.5, 0.6) is 5.75 Å². The van der Waals surface area contributed by atoms with Crippen molar-refractivity contribution in [3.05, 3.63) is 84.1 Å². The monoisotopic (exact) mass is 410 g/mol. The number of nitrogens with zero attached hydrogens (tertiary/aromatic N) is 4. The number of aromatic hydroxyl groups is 1. The number of hydrogen-bond acceptors (Lipinski definition) is 5. The highest BCUT2D eigenvalue weighted by molar-refractivity contribution is 5.82. The molecule has 1 N–H and O–H groups in total. The summed E-state index contributed by atoms with van der Waals surface area (Å²) in [5.74, 6) is 1.21. The molecular formula is C26H26N4O. The van der Waals surface area contributed by atoms with Gasteiger partial charge in [-0.1, -0.05) is 48.0 Å². The number of phenolic OH excluding ortho intramolecular Hbond substituents is 1. The lowest BCUT2D eigenvalue weighted by Gasteiger charge is -2.35. The molecule has 1 aromatic heterocycles. The van der Waals surface area contributed by atoms with E-state index in [9.17, 15) is 5.11 Å². The Bertz CT molecular complexity index is 1180. The lowest BCUT2D eigenvalue weighted by atomic mass is 10.0. The molecular weight excluding hydrogens is 384 g/mol. The van der Waals surface area contributed by atoms with Gasteiger partial charge in [0.05, 0.1) is 17.2 Å². The minimum Gasteiger partial charge on any atom is -0.508 e. The first-order valence-electron chi connectivity index (χ1n) is 10.7. The number of rotatable bonds is 4. The fourth-order valence-corrected chi connectivity index (χ4v) is 4.07. The normalized spacial score (nSPS) is 14.8. The Kier molecular flexibility index (Phi) is 5.26. The van der Waals surface area contributed by atoms with Crippen LogP contribution in [0.15, 0.2) is 72.9 Å². The summed E-state index contributed by atoms with van der Waals surface area (Å²) in [6, 6.07) is 22.2. The zero-order chi connectivity index (χ0) is 21.2. The first-order chi connectivity index (χ1) is 15.1. The maximum atomic E-state index is 9.54. The van der Waals surface area contributed by atoms with E-state index in [0.29, 0.717) is 0 Å². The standard InChI is InChI=1S/C26H26N4O/c1-19-2-4-20(5-3-19)18-29-12-14-30(15-13-29)26-17-27-24-11-8-22(16-25(24)28-26)21-6-9-23(31)10-7-21/h2-11,16-17,31H,12-15,18H2,1H3. The zero-order valence-corrected chi connectivity index (χ0v) is 17.7. The minimum atomic E-state index is 0.271. The van der Waals surface area contributed by atoms with Crippen molar-refractivity contribution in [1.82, 2.24) is 14.9 Å². The van der Waals surface area contributed by atoms with Crippen molar-refractivity contribution < 1.29 is 5.11 Å². The van der Waals surface area contributed by atoms with Crippen molar-refractivity contribution in [1.29, 1.82) is 0 Å². The third-order valence-corrected chi connectivity index (χ3v) is 5.95. The van der Waals surface area contributed by atoms with Gasteiger partial charge in [-0.2, -0.15) is 0 Å². The van der Waals surface area contributed by atoms with E-state index in [4.69, 9.17) is 4.98 Å². The first-order valence-corrected chi connectivity index (χ1v) is 10.7. The Hall–Kier alpha value is -3.44. The van der Waals surface area contributed by atoms with Crippen LogP contribution >= 0.6 is 0 Å². The molecule has 0 atom stereocenters. The average molecular weight is 411 g/mol. The third-order valence-electron chi connectivity index (χ3n) is 5.95. The molecule has 1 saturated heterocycles. The smallest absolute Gasteiger partial charge is 0.147 e. The van der Waals surface area contributed by atoms with Crippen molar-refractivity contribution in [2.45, 2.75) is 13.5 Å². The molecule has 31 heavy (non-hydrogen) atoms. The Labute approximate surface area is 182 Å². The number of anilines is 1. The van der Waals surface area contributed by atoms with Crippen LogP contribution in [0.3, 0.4) is 0 Å². The molecule has 0 amide bonds. The van der Waals surface area contributed by atoms with Gasteiger partial charge < -0.3 is 10.0 Å². The van der Waals surface area contributed by atoms with Gasteiger partial charge in [0.1, 0.15) is 11.6 Å². The molecule has 5 rings (SSSR count). The van der Waals surface area contributed by atoms with E-state index in [1.807, 2.05) is 30.5 Å². The van der Waals surface area contributed by atoms with Gasteiger partial charge in [0.2, 0.25) is 0 Å². The number of fused-ring (bicyclic) bond motifs is 1. The molecule has 0 aliphatic carbocycles. The van der Waals surface area contributed by atoms with Gasteiger partial charge in [0.15, 0.2) is 0 Å². The van der Waals surface area contributed by atoms with Gasteiger partial charge in [-0.05, 0) is 47.9 Å². The van der Waals surface area contributed by atoms with Crippen molar-refractivity contribution >= 4 is 16.9 Å². The first kappa shape index (κ1) is 19.5. The maximum absolute atomic E-state index is 9.54. The van der Waals surface area contributed by atoms with Crippen molar-refractivity contribution in [3.63, 3.8) is 0 Å². The molecule has 1 fully saturated rings. The van der Waals surface area contributed by atoms with E-state index < -0.39 is 0 Å². The second kappa shape index (κ2) is 8.36. The van der Waals surface area contributed by atoms with E-state index in [2.05, 4.69) is 52.0 Å². The van der Waals surface area contributed by atoms with Crippen LogP contribution in [0, 0.1) is 6.92 Å². The molecule has 1 aliphatic rings. The number of phenols is 1. The molecule has 2 heterocycles. The predicted octanol–water partition coefficient (Wildman–Crippen LogP) is 4.63. The second-order valence-corrected chi connectivity index (χ2v) is 8.23. The van der Waals surface area contributed by atoms with E-state index in [0.717, 1.165) is 60.7 Å². The van der Waals surface area contributed by atoms with Gasteiger partial charge in [-0.3, -0.25) is 9.88 Å². The molecule has 4 aromatic rings. The summed E-state index contributed by atoms with van der Waals surface area (Å²) in [5, 5.41) is 9.54. The minimum absolute atomic E-state index is 0.271. The summed E-state index contributed by atoms with van der Waals surface area (Å²) in [7, 11) is 0. The van der Waals surface area contributed by atoms with Gasteiger partial charge in [0, 0.05) is 32.7 Å². The van der Waals surface area contributed by atoms with Crippen LogP contribution in [0.2, 0.25) is 0 Å². The van der Waals surface area contributed by atoms with Crippen LogP contribution in [0.25, 0.3) is 22.2 Å². The Morgan fingerprint density at radius 2 is 1.52 bits per heavy atom. The summed E-state index contributed by atoms with van der Waals surface area (Å²) in [4.78, 5) is 14.4. The topological polar surface area (TPSA) is 52.5 Å². The molecule has 1 aliphatic heterocycles. The highest BCUT2D eigenvalue weighted by atomic mass is 16.3. The van der Waals surface area contributed by atoms with Gasteiger partial charge in [0.25, 0.3) is 0 Å². The van der Waals surface area contributed by atoms with Crippen molar-refractivity contribution in [3.8, 4) is 16.9 Å². The van der Waals surface area contributed by atoms with E-state index in [1.165, 1.54) is 11.1 Å². The Balaban J connectivity index is 1.30. The summed E-state index contributed by atoms with van der Waals surface area (Å²) < 4.78 is 0. The van der Waals surface area contributed by atoms with E-state index in [1.54, 1.807) is 12.1 Å². The molecule has 3 aromatic carbocycles. The number of piperazine rings is 1. The molecule has 0 bridgehead atoms. The number of aryl methyl sites for hydroxylation is 1. The van der Waals surface area contributed by atoms with Crippen LogP contribution in [-0.4, -0.2) is 46.2 Å². The van der Waals surface area contributed by atoms with Crippen LogP contribution < -0.4 is 4.90 Å². The fourth-order valence-electron chi connectivity index (χ4n) is 4.07. The number of benzene rings is 3. The third kappa shape index (κ3) is 4.37. The van der Waals surface area contributed by atoms with E-state index >= 15 is 0 Å². The quantitative estimate of drug-likeness (QED) is 0.531. The van der Waals surface area contributed by atoms with Crippen molar-refractivity contribution in [2.75, 3.05) is 31.1 Å². The van der Waals surface area contributed by atoms with Gasteiger partial charge in [-0.25, -0.2) is 4.98 Å². The van der Waals surface area contributed by atoms with Crippen molar-refractivity contribution in [2.24, 2.45) is 0 Å². The molecule has 0 unspecified atom stereocenters. The summed E-state index contributed by atoms with van der Waals surface area (Å²) in [6.07, 6.45) is 1.89. The van der Waals surface area contributed by atoms with Crippen LogP contribution in [0.4, 0.5) is 5.82 Å². The molecule has 5 heteroatoms. The molecule has 0 spiro atoms. The van der Waals surface area contributed by atoms with Gasteiger partial charge >= 0.3 is 0 Å². The molecule has 156 valence electrons. The SMILES string of the molecule is Cc1ccc(CN2CCN(c3cnc4ccc(-c5ccc(O)cc5)cc4n3)CC2)cc1. The summed E-state index contributed by atoms with van der Waals surface area (Å²) >= 11 is 0. The molecule has 0 saturated carbocycles. The lowest BCUT2D eigenvalue weighted by molar-refractivity contribution is 0.249. The average Bonchev–Trinajstić information content (AvgIpc) is 2.81.